The van der Waals surface area contributed by atoms with Gasteiger partial charge in [0.15, 0.2) is 0 Å². The number of allylic oxidation sites excluding steroid dienone is 2. The van der Waals surface area contributed by atoms with Crippen LogP contribution in [0.1, 0.15) is 55.4 Å². The molecule has 1 saturated carbocycles. The number of hydrogen-bond acceptors (Lipinski definition) is 0. The molecule has 0 spiro atoms. The molecule has 0 nitrogen and oxygen atoms in total. The second-order valence-corrected chi connectivity index (χ2v) is 7.06. The van der Waals surface area contributed by atoms with Gasteiger partial charge in [0.2, 0.25) is 0 Å². The fourth-order valence-corrected chi connectivity index (χ4v) is 4.36. The molecule has 0 aromatic carbocycles. The molecule has 16 heavy (non-hydrogen) atoms. The lowest BCUT2D eigenvalue weighted by molar-refractivity contribution is -0.260. The highest BCUT2D eigenvalue weighted by Crippen LogP contribution is 2.81. The van der Waals surface area contributed by atoms with E-state index in [0.717, 1.165) is 0 Å². The average molecular weight is 220 g/mol. The van der Waals surface area contributed by atoms with Gasteiger partial charge in [-0.3, -0.25) is 0 Å². The van der Waals surface area contributed by atoms with Gasteiger partial charge in [0.1, 0.15) is 0 Å². The third kappa shape index (κ3) is 0.931. The first-order valence-corrected chi connectivity index (χ1v) is 6.21. The van der Waals surface area contributed by atoms with Crippen LogP contribution in [0.4, 0.5) is 0 Å². The Hall–Kier alpha value is -0.520. The van der Waals surface area contributed by atoms with E-state index in [1.165, 1.54) is 11.1 Å². The van der Waals surface area contributed by atoms with E-state index in [1.54, 1.807) is 0 Å². The highest BCUT2D eigenvalue weighted by atomic mass is 14.8. The average Bonchev–Trinajstić information content (AvgIpc) is 2.12. The largest absolute Gasteiger partial charge is 0.0995 e. The highest BCUT2D eigenvalue weighted by Gasteiger charge is 2.75. The van der Waals surface area contributed by atoms with Crippen LogP contribution in [0.2, 0.25) is 0 Å². The predicted molar refractivity (Wildman–Crippen MR) is 73.4 cm³/mol. The SMILES string of the molecule is C=C(C)C1(C)C(C)(C)C(C)(C)C1(C)C(=C)C. The molecule has 0 saturated heterocycles. The topological polar surface area (TPSA) is 0 Å². The van der Waals surface area contributed by atoms with Gasteiger partial charge in [0, 0.05) is 10.8 Å². The summed E-state index contributed by atoms with van der Waals surface area (Å²) < 4.78 is 0. The third-order valence-corrected chi connectivity index (χ3v) is 6.77. The monoisotopic (exact) mass is 220 g/mol. The van der Waals surface area contributed by atoms with Crippen LogP contribution in [0.3, 0.4) is 0 Å². The predicted octanol–water partition coefficient (Wildman–Crippen LogP) is 5.22. The first-order valence-electron chi connectivity index (χ1n) is 6.21. The lowest BCUT2D eigenvalue weighted by Crippen LogP contribution is -2.73. The van der Waals surface area contributed by atoms with E-state index in [4.69, 9.17) is 0 Å². The molecule has 0 aromatic rings. The van der Waals surface area contributed by atoms with E-state index in [1.807, 2.05) is 0 Å². The van der Waals surface area contributed by atoms with E-state index in [0.29, 0.717) is 0 Å². The zero-order chi connectivity index (χ0) is 13.2. The molecule has 1 rings (SSSR count). The van der Waals surface area contributed by atoms with Crippen molar-refractivity contribution < 1.29 is 0 Å². The maximum Gasteiger partial charge on any atom is 0.00307 e. The quantitative estimate of drug-likeness (QED) is 0.560. The zero-order valence-electron chi connectivity index (χ0n) is 12.4. The summed E-state index contributed by atoms with van der Waals surface area (Å²) in [5, 5.41) is 0. The second kappa shape index (κ2) is 3.03. The van der Waals surface area contributed by atoms with Gasteiger partial charge in [-0.25, -0.2) is 0 Å². The molecule has 0 aliphatic heterocycles. The number of hydrogen-bond donors (Lipinski definition) is 0. The van der Waals surface area contributed by atoms with E-state index >= 15 is 0 Å². The minimum Gasteiger partial charge on any atom is -0.0995 e. The molecule has 0 radical (unpaired) electrons. The summed E-state index contributed by atoms with van der Waals surface area (Å²) >= 11 is 0. The Morgan fingerprint density at radius 2 is 0.812 bits per heavy atom. The van der Waals surface area contributed by atoms with E-state index in [2.05, 4.69) is 68.5 Å². The van der Waals surface area contributed by atoms with Crippen molar-refractivity contribution in [1.29, 1.82) is 0 Å². The lowest BCUT2D eigenvalue weighted by atomic mass is 9.25. The minimum atomic E-state index is 0.134. The molecule has 2 unspecified atom stereocenters. The molecule has 92 valence electrons. The van der Waals surface area contributed by atoms with Crippen LogP contribution in [0.25, 0.3) is 0 Å². The van der Waals surface area contributed by atoms with Crippen molar-refractivity contribution in [1.82, 2.24) is 0 Å². The van der Waals surface area contributed by atoms with Gasteiger partial charge in [0.25, 0.3) is 0 Å². The Labute approximate surface area is 102 Å². The van der Waals surface area contributed by atoms with E-state index < -0.39 is 0 Å². The van der Waals surface area contributed by atoms with E-state index in [-0.39, 0.29) is 21.7 Å². The molecule has 0 amide bonds. The summed E-state index contributed by atoms with van der Waals surface area (Å²) in [6.07, 6.45) is 0. The molecular formula is C16H28. The Morgan fingerprint density at radius 3 is 0.938 bits per heavy atom. The van der Waals surface area contributed by atoms with Crippen molar-refractivity contribution in [2.24, 2.45) is 21.7 Å². The van der Waals surface area contributed by atoms with Crippen molar-refractivity contribution in [3.05, 3.63) is 24.3 Å². The fourth-order valence-electron chi connectivity index (χ4n) is 4.36. The summed E-state index contributed by atoms with van der Waals surface area (Å²) in [5.41, 5.74) is 3.33. The van der Waals surface area contributed by atoms with Gasteiger partial charge in [0.05, 0.1) is 0 Å². The zero-order valence-corrected chi connectivity index (χ0v) is 12.4. The van der Waals surface area contributed by atoms with Gasteiger partial charge < -0.3 is 0 Å². The Balaban J connectivity index is 3.51. The highest BCUT2D eigenvalue weighted by molar-refractivity contribution is 5.39. The summed E-state index contributed by atoms with van der Waals surface area (Å²) in [6.45, 7) is 27.0. The molecule has 1 aliphatic rings. The Morgan fingerprint density at radius 1 is 0.625 bits per heavy atom. The van der Waals surface area contributed by atoms with Gasteiger partial charge in [-0.1, -0.05) is 65.8 Å². The molecule has 1 fully saturated rings. The van der Waals surface area contributed by atoms with Crippen LogP contribution < -0.4 is 0 Å². The van der Waals surface area contributed by atoms with Gasteiger partial charge >= 0.3 is 0 Å². The fraction of sp³-hybridized carbons (Fsp3) is 0.750. The van der Waals surface area contributed by atoms with Gasteiger partial charge in [-0.2, -0.15) is 0 Å². The summed E-state index contributed by atoms with van der Waals surface area (Å²) in [4.78, 5) is 0. The van der Waals surface area contributed by atoms with Gasteiger partial charge in [-0.15, -0.1) is 0 Å². The maximum atomic E-state index is 4.25. The summed E-state index contributed by atoms with van der Waals surface area (Å²) in [6, 6.07) is 0. The first-order chi connectivity index (χ1) is 6.89. The van der Waals surface area contributed by atoms with Crippen LogP contribution in [0.5, 0.6) is 0 Å². The second-order valence-electron chi connectivity index (χ2n) is 7.06. The lowest BCUT2D eigenvalue weighted by Gasteiger charge is -2.79. The third-order valence-electron chi connectivity index (χ3n) is 6.77. The van der Waals surface area contributed by atoms with Crippen LogP contribution in [0.15, 0.2) is 24.3 Å². The van der Waals surface area contributed by atoms with Crippen LogP contribution in [-0.4, -0.2) is 0 Å². The minimum absolute atomic E-state index is 0.134. The van der Waals surface area contributed by atoms with Crippen molar-refractivity contribution in [2.75, 3.05) is 0 Å². The Bertz CT molecular complexity index is 320. The normalized spacial score (nSPS) is 40.0. The van der Waals surface area contributed by atoms with Gasteiger partial charge in [-0.05, 0) is 24.7 Å². The maximum absolute atomic E-state index is 4.25. The van der Waals surface area contributed by atoms with E-state index in [9.17, 15) is 0 Å². The molecular weight excluding hydrogens is 192 g/mol. The molecule has 0 N–H and O–H groups in total. The molecule has 2 atom stereocenters. The standard InChI is InChI=1S/C16H28/c1-11(2)15(9)13(5,6)14(7,8)16(15,10)12(3)4/h1,3H2,2,4-10H3. The molecule has 0 heterocycles. The smallest absolute Gasteiger partial charge is 0.00307 e. The van der Waals surface area contributed by atoms with Crippen molar-refractivity contribution in [3.63, 3.8) is 0 Å². The molecule has 0 aromatic heterocycles. The molecule has 1 aliphatic carbocycles. The van der Waals surface area contributed by atoms with Crippen molar-refractivity contribution >= 4 is 0 Å². The first kappa shape index (κ1) is 13.5. The molecule has 0 bridgehead atoms. The van der Waals surface area contributed by atoms with Crippen molar-refractivity contribution in [3.8, 4) is 0 Å². The summed E-state index contributed by atoms with van der Waals surface area (Å²) in [7, 11) is 0. The molecule has 0 heteroatoms. The Kier molecular flexibility index (Phi) is 2.56. The van der Waals surface area contributed by atoms with Crippen molar-refractivity contribution in [2.45, 2.75) is 55.4 Å². The van der Waals surface area contributed by atoms with Crippen LogP contribution in [0, 0.1) is 21.7 Å². The number of rotatable bonds is 2. The van der Waals surface area contributed by atoms with Crippen LogP contribution in [-0.2, 0) is 0 Å². The van der Waals surface area contributed by atoms with Crippen LogP contribution >= 0.6 is 0 Å². The summed E-state index contributed by atoms with van der Waals surface area (Å²) in [5.74, 6) is 0.